The number of carbonyl (C=O) groups is 1. The van der Waals surface area contributed by atoms with Crippen LogP contribution in [0.15, 0.2) is 35.8 Å². The second-order valence-corrected chi connectivity index (χ2v) is 5.95. The second-order valence-electron chi connectivity index (χ2n) is 5.51. The van der Waals surface area contributed by atoms with Crippen LogP contribution in [0.5, 0.6) is 0 Å². The van der Waals surface area contributed by atoms with Crippen LogP contribution >= 0.6 is 11.6 Å². The summed E-state index contributed by atoms with van der Waals surface area (Å²) in [5.74, 6) is 0.285. The highest BCUT2D eigenvalue weighted by molar-refractivity contribution is 6.31. The summed E-state index contributed by atoms with van der Waals surface area (Å²) in [4.78, 5) is 16.7. The lowest BCUT2D eigenvalue weighted by atomic mass is 10.0. The van der Waals surface area contributed by atoms with Gasteiger partial charge in [0.1, 0.15) is 0 Å². The second kappa shape index (κ2) is 6.79. The number of aliphatic imine (C=N–C) groups is 1. The molecular formula is C17H19ClN4O. The van der Waals surface area contributed by atoms with E-state index in [1.54, 1.807) is 31.2 Å². The molecule has 6 heteroatoms. The Hall–Kier alpha value is -2.40. The molecule has 0 bridgehead atoms. The van der Waals surface area contributed by atoms with Crippen molar-refractivity contribution in [2.24, 2.45) is 4.99 Å². The molecular weight excluding hydrogens is 312 g/mol. The predicted molar refractivity (Wildman–Crippen MR) is 95.9 cm³/mol. The van der Waals surface area contributed by atoms with Crippen LogP contribution in [0.2, 0.25) is 5.02 Å². The zero-order valence-electron chi connectivity index (χ0n) is 13.4. The standard InChI is InChI=1S/C17H19ClN4O/c1-10(2)14-15(21-22(11(3)4)16(14)19-5)17(23)20-13-8-6-7-12(18)9-13/h6-10H,3,5H2,1-2,4H3,(H,20,23). The molecule has 0 saturated carbocycles. The summed E-state index contributed by atoms with van der Waals surface area (Å²) < 4.78 is 1.54. The number of halogens is 1. The van der Waals surface area contributed by atoms with Crippen molar-refractivity contribution in [1.29, 1.82) is 0 Å². The van der Waals surface area contributed by atoms with Crippen molar-refractivity contribution >= 4 is 41.4 Å². The molecule has 0 atom stereocenters. The van der Waals surface area contributed by atoms with E-state index < -0.39 is 0 Å². The molecule has 2 rings (SSSR count). The first-order valence-electron chi connectivity index (χ1n) is 7.17. The lowest BCUT2D eigenvalue weighted by Gasteiger charge is -2.08. The minimum absolute atomic E-state index is 0.0590. The van der Waals surface area contributed by atoms with Crippen molar-refractivity contribution in [2.75, 3.05) is 5.32 Å². The van der Waals surface area contributed by atoms with Gasteiger partial charge in [0.25, 0.3) is 5.91 Å². The number of hydrogen-bond donors (Lipinski definition) is 1. The number of hydrogen-bond acceptors (Lipinski definition) is 3. The smallest absolute Gasteiger partial charge is 0.276 e. The van der Waals surface area contributed by atoms with Crippen LogP contribution in [0.25, 0.3) is 5.70 Å². The number of nitrogens with one attached hydrogen (secondary N) is 1. The highest BCUT2D eigenvalue weighted by Gasteiger charge is 2.25. The maximum atomic E-state index is 12.6. The van der Waals surface area contributed by atoms with Gasteiger partial charge in [0.15, 0.2) is 11.5 Å². The maximum Gasteiger partial charge on any atom is 0.276 e. The third-order valence-electron chi connectivity index (χ3n) is 3.28. The zero-order chi connectivity index (χ0) is 17.1. The Morgan fingerprint density at radius 1 is 1.43 bits per heavy atom. The van der Waals surface area contributed by atoms with Crippen molar-refractivity contribution in [3.8, 4) is 0 Å². The molecule has 2 aromatic rings. The Balaban J connectivity index is 2.47. The Bertz CT molecular complexity index is 777. The van der Waals surface area contributed by atoms with Crippen molar-refractivity contribution in [1.82, 2.24) is 9.78 Å². The number of rotatable bonds is 5. The van der Waals surface area contributed by atoms with Gasteiger partial charge in [0, 0.05) is 22.0 Å². The maximum absolute atomic E-state index is 12.6. The Labute approximate surface area is 140 Å². The Kier molecular flexibility index (Phi) is 5.01. The van der Waals surface area contributed by atoms with E-state index in [-0.39, 0.29) is 11.8 Å². The normalized spacial score (nSPS) is 10.7. The minimum Gasteiger partial charge on any atom is -0.321 e. The fourth-order valence-electron chi connectivity index (χ4n) is 2.30. The van der Waals surface area contributed by atoms with Gasteiger partial charge in [0.05, 0.1) is 0 Å². The van der Waals surface area contributed by atoms with Crippen LogP contribution in [0.4, 0.5) is 11.5 Å². The highest BCUT2D eigenvalue weighted by atomic mass is 35.5. The van der Waals surface area contributed by atoms with Gasteiger partial charge in [-0.05, 0) is 37.8 Å². The van der Waals surface area contributed by atoms with E-state index in [2.05, 4.69) is 28.7 Å². The summed E-state index contributed by atoms with van der Waals surface area (Å²) >= 11 is 5.94. The van der Waals surface area contributed by atoms with E-state index in [0.717, 1.165) is 5.56 Å². The molecule has 0 saturated heterocycles. The van der Waals surface area contributed by atoms with Crippen LogP contribution in [0.1, 0.15) is 42.7 Å². The molecule has 1 aromatic carbocycles. The summed E-state index contributed by atoms with van der Waals surface area (Å²) in [6.45, 7) is 13.2. The van der Waals surface area contributed by atoms with E-state index >= 15 is 0 Å². The summed E-state index contributed by atoms with van der Waals surface area (Å²) in [6.07, 6.45) is 0. The van der Waals surface area contributed by atoms with Gasteiger partial charge >= 0.3 is 0 Å². The van der Waals surface area contributed by atoms with Gasteiger partial charge in [-0.3, -0.25) is 4.79 Å². The third kappa shape index (κ3) is 3.51. The average Bonchev–Trinajstić information content (AvgIpc) is 2.87. The van der Waals surface area contributed by atoms with Gasteiger partial charge in [-0.1, -0.05) is 38.1 Å². The molecule has 1 heterocycles. The fourth-order valence-corrected chi connectivity index (χ4v) is 2.49. The number of anilines is 1. The Morgan fingerprint density at radius 3 is 2.65 bits per heavy atom. The van der Waals surface area contributed by atoms with Crippen LogP contribution < -0.4 is 5.32 Å². The zero-order valence-corrected chi connectivity index (χ0v) is 14.2. The number of amides is 1. The van der Waals surface area contributed by atoms with Crippen LogP contribution in [-0.4, -0.2) is 22.4 Å². The molecule has 1 aromatic heterocycles. The quantitative estimate of drug-likeness (QED) is 0.805. The first-order chi connectivity index (χ1) is 10.8. The van der Waals surface area contributed by atoms with Crippen LogP contribution in [0.3, 0.4) is 0 Å². The van der Waals surface area contributed by atoms with Gasteiger partial charge < -0.3 is 5.32 Å². The van der Waals surface area contributed by atoms with E-state index in [0.29, 0.717) is 27.9 Å². The number of allylic oxidation sites excluding steroid dienone is 1. The highest BCUT2D eigenvalue weighted by Crippen LogP contribution is 2.32. The summed E-state index contributed by atoms with van der Waals surface area (Å²) in [7, 11) is 0. The molecule has 0 radical (unpaired) electrons. The van der Waals surface area contributed by atoms with Crippen LogP contribution in [0, 0.1) is 0 Å². The van der Waals surface area contributed by atoms with Crippen molar-refractivity contribution < 1.29 is 4.79 Å². The first kappa shape index (κ1) is 17.0. The lowest BCUT2D eigenvalue weighted by Crippen LogP contribution is -2.15. The number of benzene rings is 1. The van der Waals surface area contributed by atoms with E-state index in [1.165, 1.54) is 4.68 Å². The molecule has 0 fully saturated rings. The molecule has 0 aliphatic carbocycles. The number of aromatic nitrogens is 2. The van der Waals surface area contributed by atoms with Crippen molar-refractivity contribution in [3.63, 3.8) is 0 Å². The van der Waals surface area contributed by atoms with E-state index in [4.69, 9.17) is 11.6 Å². The largest absolute Gasteiger partial charge is 0.321 e. The minimum atomic E-state index is -0.319. The fraction of sp³-hybridized carbons (Fsp3) is 0.235. The topological polar surface area (TPSA) is 59.3 Å². The van der Waals surface area contributed by atoms with Gasteiger partial charge in [-0.15, -0.1) is 0 Å². The molecule has 0 unspecified atom stereocenters. The van der Waals surface area contributed by atoms with Crippen molar-refractivity contribution in [3.05, 3.63) is 47.1 Å². The summed E-state index contributed by atoms with van der Waals surface area (Å²) in [5.41, 5.74) is 2.32. The van der Waals surface area contributed by atoms with Gasteiger partial charge in [-0.2, -0.15) is 5.10 Å². The average molecular weight is 331 g/mol. The lowest BCUT2D eigenvalue weighted by molar-refractivity contribution is 0.102. The SMILES string of the molecule is C=Nc1c(C(C)C)c(C(=O)Nc2cccc(Cl)c2)nn1C(=C)C. The molecule has 120 valence electrons. The summed E-state index contributed by atoms with van der Waals surface area (Å²) in [5, 5.41) is 7.71. The molecule has 5 nitrogen and oxygen atoms in total. The Morgan fingerprint density at radius 2 is 2.13 bits per heavy atom. The molecule has 0 spiro atoms. The van der Waals surface area contributed by atoms with E-state index in [9.17, 15) is 4.79 Å². The first-order valence-corrected chi connectivity index (χ1v) is 7.55. The molecule has 0 aliphatic rings. The number of nitrogens with zero attached hydrogens (tertiary/aromatic N) is 3. The van der Waals surface area contributed by atoms with Gasteiger partial charge in [0.2, 0.25) is 0 Å². The van der Waals surface area contributed by atoms with Crippen molar-refractivity contribution in [2.45, 2.75) is 26.7 Å². The summed E-state index contributed by atoms with van der Waals surface area (Å²) in [6, 6.07) is 6.95. The van der Waals surface area contributed by atoms with Gasteiger partial charge in [-0.25, -0.2) is 9.67 Å². The molecule has 23 heavy (non-hydrogen) atoms. The monoisotopic (exact) mass is 330 g/mol. The van der Waals surface area contributed by atoms with E-state index in [1.807, 2.05) is 13.8 Å². The third-order valence-corrected chi connectivity index (χ3v) is 3.52. The molecule has 1 N–H and O–H groups in total. The number of carbonyl (C=O) groups excluding carboxylic acids is 1. The van der Waals surface area contributed by atoms with Crippen LogP contribution in [-0.2, 0) is 0 Å². The molecule has 1 amide bonds. The predicted octanol–water partition coefficient (Wildman–Crippen LogP) is 4.73. The molecule has 0 aliphatic heterocycles.